The van der Waals surface area contributed by atoms with Gasteiger partial charge in [-0.1, -0.05) is 50.2 Å². The fourth-order valence-corrected chi connectivity index (χ4v) is 4.09. The first-order chi connectivity index (χ1) is 14.5. The van der Waals surface area contributed by atoms with Crippen LogP contribution in [0.25, 0.3) is 0 Å². The molecule has 0 aromatic heterocycles. The van der Waals surface area contributed by atoms with Gasteiger partial charge in [-0.05, 0) is 41.5 Å². The van der Waals surface area contributed by atoms with Crippen LogP contribution >= 0.6 is 0 Å². The molecule has 2 aromatic rings. The zero-order valence-electron chi connectivity index (χ0n) is 18.5. The third-order valence-corrected chi connectivity index (χ3v) is 6.22. The number of nitrogens with zero attached hydrogens (tertiary/aromatic N) is 1. The number of benzene rings is 2. The number of carbonyl (C=O) groups is 1. The van der Waals surface area contributed by atoms with Gasteiger partial charge in [-0.3, -0.25) is 0 Å². The van der Waals surface area contributed by atoms with Crippen LogP contribution in [0.4, 0.5) is 4.79 Å². The molecule has 2 aromatic carbocycles. The monoisotopic (exact) mass is 411 g/mol. The highest BCUT2D eigenvalue weighted by atomic mass is 16.5. The molecule has 1 heterocycles. The minimum atomic E-state index is -0.188. The molecule has 5 heteroatoms. The SMILES string of the molecule is CC[C@]1(C)CCN(C(=O)OC)C1.COc1ccccc1OC1Cc2ccccc2C1. The van der Waals surface area contributed by atoms with Crippen LogP contribution in [0.3, 0.4) is 0 Å². The van der Waals surface area contributed by atoms with E-state index < -0.39 is 0 Å². The predicted molar refractivity (Wildman–Crippen MR) is 118 cm³/mol. The van der Waals surface area contributed by atoms with Gasteiger partial charge in [0.2, 0.25) is 0 Å². The number of amides is 1. The van der Waals surface area contributed by atoms with Crippen LogP contribution in [0.5, 0.6) is 11.5 Å². The third kappa shape index (κ3) is 5.26. The fraction of sp³-hybridized carbons (Fsp3) is 0.480. The molecule has 0 spiro atoms. The smallest absolute Gasteiger partial charge is 0.409 e. The standard InChI is InChI=1S/C16H16O2.C9H17NO2/c1-17-15-8-4-5-9-16(15)18-14-10-12-6-2-3-7-13(12)11-14;1-4-9(2)5-6-10(7-9)8(11)12-3/h2-9,14H,10-11H2,1H3;4-7H2,1-3H3/t;9-/m.1/s1. The number of fused-ring (bicyclic) bond motifs is 1. The summed E-state index contributed by atoms with van der Waals surface area (Å²) in [5.41, 5.74) is 3.11. The number of hydrogen-bond donors (Lipinski definition) is 0. The van der Waals surface area contributed by atoms with Gasteiger partial charge in [0.15, 0.2) is 11.5 Å². The molecule has 5 nitrogen and oxygen atoms in total. The molecule has 0 unspecified atom stereocenters. The summed E-state index contributed by atoms with van der Waals surface area (Å²) in [5, 5.41) is 0. The molecule has 1 saturated heterocycles. The van der Waals surface area contributed by atoms with Crippen molar-refractivity contribution in [2.75, 3.05) is 27.3 Å². The van der Waals surface area contributed by atoms with Crippen molar-refractivity contribution in [3.05, 3.63) is 59.7 Å². The highest BCUT2D eigenvalue weighted by Gasteiger charge is 2.34. The van der Waals surface area contributed by atoms with Crippen LogP contribution in [0.1, 0.15) is 37.8 Å². The van der Waals surface area contributed by atoms with E-state index in [4.69, 9.17) is 9.47 Å². The molecule has 0 saturated carbocycles. The first-order valence-corrected chi connectivity index (χ1v) is 10.7. The topological polar surface area (TPSA) is 48.0 Å². The maximum absolute atomic E-state index is 11.1. The second kappa shape index (κ2) is 9.88. The van der Waals surface area contributed by atoms with Crippen molar-refractivity contribution in [1.29, 1.82) is 0 Å². The molecular weight excluding hydrogens is 378 g/mol. The molecule has 0 N–H and O–H groups in total. The Kier molecular flexibility index (Phi) is 7.24. The highest BCUT2D eigenvalue weighted by Crippen LogP contribution is 2.33. The first kappa shape index (κ1) is 22.0. The molecular formula is C25H33NO4. The Morgan fingerprint density at radius 3 is 2.17 bits per heavy atom. The minimum absolute atomic E-state index is 0.188. The zero-order chi connectivity index (χ0) is 21.6. The zero-order valence-corrected chi connectivity index (χ0v) is 18.5. The van der Waals surface area contributed by atoms with Crippen molar-refractivity contribution in [3.63, 3.8) is 0 Å². The number of para-hydroxylation sites is 2. The third-order valence-electron chi connectivity index (χ3n) is 6.22. The fourth-order valence-electron chi connectivity index (χ4n) is 4.09. The van der Waals surface area contributed by atoms with E-state index in [9.17, 15) is 4.79 Å². The van der Waals surface area contributed by atoms with Gasteiger partial charge in [-0.15, -0.1) is 0 Å². The lowest BCUT2D eigenvalue weighted by atomic mass is 9.87. The quantitative estimate of drug-likeness (QED) is 0.701. The summed E-state index contributed by atoms with van der Waals surface area (Å²) in [6.07, 6.45) is 4.22. The van der Waals surface area contributed by atoms with E-state index in [0.29, 0.717) is 5.41 Å². The van der Waals surface area contributed by atoms with Crippen LogP contribution in [0, 0.1) is 5.41 Å². The number of rotatable bonds is 4. The van der Waals surface area contributed by atoms with E-state index in [-0.39, 0.29) is 12.2 Å². The van der Waals surface area contributed by atoms with E-state index in [1.807, 2.05) is 24.3 Å². The molecule has 1 aliphatic carbocycles. The van der Waals surface area contributed by atoms with E-state index >= 15 is 0 Å². The van der Waals surface area contributed by atoms with E-state index in [0.717, 1.165) is 50.3 Å². The van der Waals surface area contributed by atoms with Crippen LogP contribution in [-0.4, -0.2) is 44.4 Å². The molecule has 4 rings (SSSR count). The maximum atomic E-state index is 11.1. The molecule has 1 atom stereocenters. The molecule has 1 fully saturated rings. The van der Waals surface area contributed by atoms with Gasteiger partial charge in [0.1, 0.15) is 6.10 Å². The van der Waals surface area contributed by atoms with Crippen molar-refractivity contribution in [3.8, 4) is 11.5 Å². The van der Waals surface area contributed by atoms with Crippen molar-refractivity contribution in [1.82, 2.24) is 4.90 Å². The molecule has 0 bridgehead atoms. The predicted octanol–water partition coefficient (Wildman–Crippen LogP) is 5.12. The summed E-state index contributed by atoms with van der Waals surface area (Å²) in [5.74, 6) is 1.63. The number of ether oxygens (including phenoxy) is 3. The second-order valence-corrected chi connectivity index (χ2v) is 8.37. The summed E-state index contributed by atoms with van der Waals surface area (Å²) >= 11 is 0. The number of likely N-dealkylation sites (tertiary alicyclic amines) is 1. The Morgan fingerprint density at radius 2 is 1.63 bits per heavy atom. The van der Waals surface area contributed by atoms with E-state index in [2.05, 4.69) is 42.8 Å². The van der Waals surface area contributed by atoms with Crippen molar-refractivity contribution in [2.24, 2.45) is 5.41 Å². The van der Waals surface area contributed by atoms with E-state index in [1.165, 1.54) is 18.2 Å². The van der Waals surface area contributed by atoms with Gasteiger partial charge < -0.3 is 19.1 Å². The molecule has 1 amide bonds. The van der Waals surface area contributed by atoms with Crippen molar-refractivity contribution < 1.29 is 19.0 Å². The maximum Gasteiger partial charge on any atom is 0.409 e. The highest BCUT2D eigenvalue weighted by molar-refractivity contribution is 5.67. The lowest BCUT2D eigenvalue weighted by molar-refractivity contribution is 0.128. The van der Waals surface area contributed by atoms with Crippen LogP contribution in [0.15, 0.2) is 48.5 Å². The van der Waals surface area contributed by atoms with Crippen LogP contribution in [-0.2, 0) is 17.6 Å². The van der Waals surface area contributed by atoms with Crippen molar-refractivity contribution in [2.45, 2.75) is 45.6 Å². The summed E-state index contributed by atoms with van der Waals surface area (Å²) in [7, 11) is 3.11. The first-order valence-electron chi connectivity index (χ1n) is 10.7. The lowest BCUT2D eigenvalue weighted by Crippen LogP contribution is -2.30. The van der Waals surface area contributed by atoms with Gasteiger partial charge in [0.25, 0.3) is 0 Å². The largest absolute Gasteiger partial charge is 0.493 e. The van der Waals surface area contributed by atoms with Crippen LogP contribution < -0.4 is 9.47 Å². The summed E-state index contributed by atoms with van der Waals surface area (Å²) in [6.45, 7) is 6.07. The average Bonchev–Trinajstić information content (AvgIpc) is 3.37. The average molecular weight is 412 g/mol. The molecule has 2 aliphatic rings. The van der Waals surface area contributed by atoms with Gasteiger partial charge >= 0.3 is 6.09 Å². The van der Waals surface area contributed by atoms with Gasteiger partial charge in [-0.25, -0.2) is 4.79 Å². The molecule has 0 radical (unpaired) electrons. The second-order valence-electron chi connectivity index (χ2n) is 8.37. The Bertz CT molecular complexity index is 828. The summed E-state index contributed by atoms with van der Waals surface area (Å²) < 4.78 is 16.0. The Hall–Kier alpha value is -2.69. The normalized spacial score (nSPS) is 20.2. The number of methoxy groups -OCH3 is 2. The lowest BCUT2D eigenvalue weighted by Gasteiger charge is -2.21. The Balaban J connectivity index is 0.000000187. The van der Waals surface area contributed by atoms with Gasteiger partial charge in [0.05, 0.1) is 14.2 Å². The molecule has 30 heavy (non-hydrogen) atoms. The number of hydrogen-bond acceptors (Lipinski definition) is 4. The Labute approximate surface area is 179 Å². The van der Waals surface area contributed by atoms with Crippen molar-refractivity contribution >= 4 is 6.09 Å². The van der Waals surface area contributed by atoms with E-state index in [1.54, 1.807) is 12.0 Å². The van der Waals surface area contributed by atoms with Gasteiger partial charge in [0, 0.05) is 25.9 Å². The minimum Gasteiger partial charge on any atom is -0.493 e. The Morgan fingerprint density at radius 1 is 1.03 bits per heavy atom. The number of carbonyl (C=O) groups excluding carboxylic acids is 1. The molecule has 1 aliphatic heterocycles. The summed E-state index contributed by atoms with van der Waals surface area (Å²) in [6, 6.07) is 16.4. The van der Waals surface area contributed by atoms with Crippen LogP contribution in [0.2, 0.25) is 0 Å². The van der Waals surface area contributed by atoms with Gasteiger partial charge in [-0.2, -0.15) is 0 Å². The molecule has 162 valence electrons. The summed E-state index contributed by atoms with van der Waals surface area (Å²) in [4.78, 5) is 12.9.